The molecule has 6 heterocycles. The Kier molecular flexibility index (Phi) is 9.31. The van der Waals surface area contributed by atoms with Crippen molar-refractivity contribution in [3.8, 4) is 5.75 Å². The zero-order chi connectivity index (χ0) is 42.7. The number of esters is 3. The van der Waals surface area contributed by atoms with Gasteiger partial charge >= 0.3 is 17.9 Å². The summed E-state index contributed by atoms with van der Waals surface area (Å²) in [6, 6.07) is 10.4. The molecule has 1 aliphatic carbocycles. The van der Waals surface area contributed by atoms with Crippen LogP contribution in [0.15, 0.2) is 48.6 Å². The second-order valence-electron chi connectivity index (χ2n) is 18.1. The molecule has 1 amide bonds. The maximum absolute atomic E-state index is 15.3. The summed E-state index contributed by atoms with van der Waals surface area (Å²) in [5.41, 5.74) is -2.98. The molecule has 9 atom stereocenters. The van der Waals surface area contributed by atoms with Crippen molar-refractivity contribution in [2.45, 2.75) is 99.5 Å². The molecular weight excluding hydrogens is 769 g/mol. The third kappa shape index (κ3) is 5.04. The topological polar surface area (TPSA) is 171 Å². The number of benzene rings is 2. The van der Waals surface area contributed by atoms with Gasteiger partial charge in [-0.1, -0.05) is 44.2 Å². The quantitative estimate of drug-likeness (QED) is 0.180. The van der Waals surface area contributed by atoms with Crippen LogP contribution in [0, 0.1) is 11.3 Å². The van der Waals surface area contributed by atoms with E-state index in [0.717, 1.165) is 22.0 Å². The van der Waals surface area contributed by atoms with Crippen molar-refractivity contribution in [3.05, 3.63) is 70.9 Å². The molecule has 0 unspecified atom stereocenters. The summed E-state index contributed by atoms with van der Waals surface area (Å²) >= 11 is 0. The molecule has 14 nitrogen and oxygen atoms in total. The molecule has 2 saturated heterocycles. The van der Waals surface area contributed by atoms with Crippen molar-refractivity contribution < 1.29 is 48.3 Å². The van der Waals surface area contributed by atoms with Crippen LogP contribution >= 0.6 is 0 Å². The highest BCUT2D eigenvalue weighted by Gasteiger charge is 2.80. The molecule has 2 aromatic carbocycles. The second-order valence-corrected chi connectivity index (χ2v) is 18.1. The number of hydrogen-bond donors (Lipinski definition) is 3. The summed E-state index contributed by atoms with van der Waals surface area (Å²) < 4.78 is 23.8. The molecule has 1 saturated carbocycles. The zero-order valence-electron chi connectivity index (χ0n) is 35.5. The first-order chi connectivity index (χ1) is 28.6. The maximum Gasteiger partial charge on any atom is 0.344 e. The number of carbonyl (C=O) groups excluding carboxylic acids is 4. The minimum absolute atomic E-state index is 0.0314. The summed E-state index contributed by atoms with van der Waals surface area (Å²) in [7, 11) is 5.94. The largest absolute Gasteiger partial charge is 0.496 e. The van der Waals surface area contributed by atoms with Crippen molar-refractivity contribution in [2.75, 3.05) is 59.5 Å². The number of methoxy groups -OCH3 is 3. The van der Waals surface area contributed by atoms with Gasteiger partial charge in [-0.3, -0.25) is 19.3 Å². The lowest BCUT2D eigenvalue weighted by Gasteiger charge is -2.63. The van der Waals surface area contributed by atoms with Crippen molar-refractivity contribution in [1.82, 2.24) is 14.8 Å². The number of carbonyl (C=O) groups is 4. The lowest BCUT2D eigenvalue weighted by atomic mass is 9.47. The molecule has 6 aliphatic rings. The van der Waals surface area contributed by atoms with Gasteiger partial charge in [0.2, 0.25) is 11.5 Å². The van der Waals surface area contributed by atoms with Gasteiger partial charge in [0.05, 0.1) is 33.0 Å². The fourth-order valence-corrected chi connectivity index (χ4v) is 13.3. The Balaban J connectivity index is 1.38. The van der Waals surface area contributed by atoms with E-state index in [4.69, 9.17) is 18.9 Å². The number of hydrogen-bond acceptors (Lipinski definition) is 12. The Labute approximate surface area is 349 Å². The average Bonchev–Trinajstić information content (AvgIpc) is 3.91. The molecule has 2 bridgehead atoms. The van der Waals surface area contributed by atoms with Gasteiger partial charge in [0, 0.05) is 90.3 Å². The molecule has 3 N–H and O–H groups in total. The highest BCUT2D eigenvalue weighted by atomic mass is 16.6. The number of ether oxygens (including phenoxy) is 4. The van der Waals surface area contributed by atoms with E-state index < -0.39 is 63.4 Å². The Bertz CT molecular complexity index is 2340. The van der Waals surface area contributed by atoms with Crippen LogP contribution in [0.3, 0.4) is 0 Å². The van der Waals surface area contributed by atoms with Crippen LogP contribution < -0.4 is 9.64 Å². The van der Waals surface area contributed by atoms with Crippen molar-refractivity contribution >= 4 is 40.4 Å². The van der Waals surface area contributed by atoms with E-state index in [2.05, 4.69) is 9.88 Å². The fourth-order valence-electron chi connectivity index (χ4n) is 13.3. The van der Waals surface area contributed by atoms with Crippen molar-refractivity contribution in [2.24, 2.45) is 11.3 Å². The van der Waals surface area contributed by atoms with Gasteiger partial charge in [0.15, 0.2) is 6.10 Å². The van der Waals surface area contributed by atoms with Crippen molar-refractivity contribution in [3.63, 3.8) is 0 Å². The normalized spacial score (nSPS) is 35.4. The molecule has 1 spiro atoms. The van der Waals surface area contributed by atoms with Crippen LogP contribution in [0.1, 0.15) is 75.3 Å². The molecule has 0 radical (unpaired) electrons. The number of nitrogens with one attached hydrogen (secondary N) is 1. The number of aromatic nitrogens is 1. The van der Waals surface area contributed by atoms with Gasteiger partial charge in [0.1, 0.15) is 11.2 Å². The predicted molar refractivity (Wildman–Crippen MR) is 221 cm³/mol. The zero-order valence-corrected chi connectivity index (χ0v) is 35.5. The molecule has 320 valence electrons. The number of H-pyrrole nitrogens is 1. The number of rotatable bonds is 7. The van der Waals surface area contributed by atoms with E-state index in [1.807, 2.05) is 74.3 Å². The van der Waals surface area contributed by atoms with E-state index in [9.17, 15) is 24.6 Å². The third-order valence-electron chi connectivity index (χ3n) is 15.6. The van der Waals surface area contributed by atoms with Gasteiger partial charge < -0.3 is 43.9 Å². The van der Waals surface area contributed by atoms with E-state index in [1.165, 1.54) is 28.3 Å². The number of piperidine rings is 1. The van der Waals surface area contributed by atoms with Crippen LogP contribution in [0.4, 0.5) is 5.69 Å². The first kappa shape index (κ1) is 40.5. The van der Waals surface area contributed by atoms with Crippen LogP contribution in [0.2, 0.25) is 0 Å². The number of anilines is 1. The minimum atomic E-state index is -2.35. The Hall–Kier alpha value is -4.92. The Morgan fingerprint density at radius 3 is 2.38 bits per heavy atom. The molecule has 1 aromatic heterocycles. The van der Waals surface area contributed by atoms with Crippen molar-refractivity contribution in [1.29, 1.82) is 0 Å². The number of amides is 1. The number of likely N-dealkylation sites (N-methyl/N-ethyl adjacent to an activating group) is 1. The van der Waals surface area contributed by atoms with Crippen LogP contribution in [0.25, 0.3) is 10.9 Å². The predicted octanol–water partition coefficient (Wildman–Crippen LogP) is 3.52. The number of aliphatic hydroxyl groups is 2. The maximum atomic E-state index is 15.3. The molecule has 14 heteroatoms. The van der Waals surface area contributed by atoms with Gasteiger partial charge in [-0.25, -0.2) is 4.79 Å². The van der Waals surface area contributed by atoms with Gasteiger partial charge in [-0.15, -0.1) is 0 Å². The van der Waals surface area contributed by atoms with Crippen LogP contribution in [-0.4, -0.2) is 133 Å². The molecule has 3 fully saturated rings. The van der Waals surface area contributed by atoms with E-state index in [0.29, 0.717) is 68.0 Å². The summed E-state index contributed by atoms with van der Waals surface area (Å²) in [6.45, 7) is 6.95. The lowest BCUT2D eigenvalue weighted by Crippen LogP contribution is -2.81. The second kappa shape index (κ2) is 13.8. The molecule has 5 aliphatic heterocycles. The van der Waals surface area contributed by atoms with Gasteiger partial charge in [-0.2, -0.15) is 0 Å². The Morgan fingerprint density at radius 1 is 0.950 bits per heavy atom. The molecule has 3 aromatic rings. The van der Waals surface area contributed by atoms with E-state index in [-0.39, 0.29) is 31.3 Å². The number of nitrogens with zero attached hydrogens (tertiary/aromatic N) is 3. The highest BCUT2D eigenvalue weighted by molar-refractivity contribution is 5.96. The number of aromatic amines is 1. The SMILES string of the molecule is CC[C@]1(O)C[C@@H]2C[C@](C(=O)OC)(c3cc4c(cc3OC)N(C)[C@H]3[C@@](O)(C(=O)OC)[C@H](OC(C)=O)[C@]5(CC)C=CCN6CC[C@]43[C@@H]65)c3[nH]c4ccccc4c3CCN(C1)C2=O. The smallest absolute Gasteiger partial charge is 0.344 e. The molecule has 9 rings (SSSR count). The summed E-state index contributed by atoms with van der Waals surface area (Å²) in [4.78, 5) is 66.9. The third-order valence-corrected chi connectivity index (χ3v) is 15.6. The first-order valence-corrected chi connectivity index (χ1v) is 21.2. The van der Waals surface area contributed by atoms with E-state index in [1.54, 1.807) is 4.90 Å². The number of fused-ring (bicyclic) bond motifs is 6. The standard InChI is InChI=1S/C46H56N4O10/c1-8-42(55)23-27-24-45(40(53)58-6,35-29(15-19-50(25-42)36(27)52)28-13-10-11-14-32(28)47-35)31-21-30-33(22-34(31)57-5)48(4)38-44(30)17-20-49-18-12-16-43(9-2,37(44)49)39(60-26(3)51)46(38,56)41(54)59-7/h10-14,16,21-22,27,37-39,47,55-56H,8-9,15,17-20,23-25H2,1-7H3/t27-,37+,38-,39-,42+,43-,44-,45+,46+/m1/s1. The fraction of sp³-hybridized carbons (Fsp3) is 0.565. The lowest BCUT2D eigenvalue weighted by molar-refractivity contribution is -0.228. The van der Waals surface area contributed by atoms with Crippen LogP contribution in [-0.2, 0) is 50.6 Å². The molecular formula is C46H56N4O10. The number of para-hydroxylation sites is 1. The Morgan fingerprint density at radius 2 is 1.70 bits per heavy atom. The monoisotopic (exact) mass is 824 g/mol. The van der Waals surface area contributed by atoms with Gasteiger partial charge in [-0.05, 0) is 68.3 Å². The van der Waals surface area contributed by atoms with E-state index >= 15 is 4.79 Å². The molecule has 60 heavy (non-hydrogen) atoms. The van der Waals surface area contributed by atoms with Gasteiger partial charge in [0.25, 0.3) is 0 Å². The first-order valence-electron chi connectivity index (χ1n) is 21.2. The highest BCUT2D eigenvalue weighted by Crippen LogP contribution is 2.68. The average molecular weight is 825 g/mol. The summed E-state index contributed by atoms with van der Waals surface area (Å²) in [6.07, 6.45) is 4.63. The summed E-state index contributed by atoms with van der Waals surface area (Å²) in [5, 5.41) is 26.2. The summed E-state index contributed by atoms with van der Waals surface area (Å²) in [5.74, 6) is -2.70. The minimum Gasteiger partial charge on any atom is -0.496 e. The van der Waals surface area contributed by atoms with Crippen LogP contribution in [0.5, 0.6) is 5.75 Å².